The van der Waals surface area contributed by atoms with Crippen LogP contribution in [0.4, 0.5) is 4.79 Å². The van der Waals surface area contributed by atoms with Gasteiger partial charge in [0.2, 0.25) is 0 Å². The monoisotopic (exact) mass is 188 g/mol. The predicted molar refractivity (Wildman–Crippen MR) is 43.0 cm³/mol. The van der Waals surface area contributed by atoms with E-state index in [9.17, 15) is 4.79 Å². The number of ether oxygens (including phenoxy) is 3. The third kappa shape index (κ3) is 3.04. The van der Waals surface area contributed by atoms with E-state index in [4.69, 9.17) is 9.84 Å². The lowest BCUT2D eigenvalue weighted by atomic mass is 10.3. The molecule has 2 unspecified atom stereocenters. The lowest BCUT2D eigenvalue weighted by molar-refractivity contribution is -0.0932. The largest absolute Gasteiger partial charge is 0.508 e. The van der Waals surface area contributed by atoms with E-state index in [0.29, 0.717) is 5.57 Å². The van der Waals surface area contributed by atoms with Gasteiger partial charge in [-0.1, -0.05) is 6.58 Å². The number of aliphatic hydroxyl groups is 1. The fourth-order valence-electron chi connectivity index (χ4n) is 0.788. The maximum Gasteiger partial charge on any atom is 0.508 e. The molecule has 0 radical (unpaired) electrons. The van der Waals surface area contributed by atoms with Crippen molar-refractivity contribution in [3.05, 3.63) is 12.2 Å². The standard InChI is InChI=1S/C8H12O5/c1-5(2)7(9)11-3-6-4-12-8(10)13-6/h6-7,9H,1,3-4H2,2H3. The van der Waals surface area contributed by atoms with E-state index in [1.165, 1.54) is 0 Å². The molecule has 0 aromatic carbocycles. The zero-order valence-electron chi connectivity index (χ0n) is 7.36. The van der Waals surface area contributed by atoms with Crippen molar-refractivity contribution < 1.29 is 24.1 Å². The first-order chi connectivity index (χ1) is 6.09. The third-order valence-corrected chi connectivity index (χ3v) is 1.51. The van der Waals surface area contributed by atoms with E-state index in [2.05, 4.69) is 16.1 Å². The Morgan fingerprint density at radius 2 is 2.62 bits per heavy atom. The number of carbonyl (C=O) groups excluding carboxylic acids is 1. The molecule has 0 spiro atoms. The lowest BCUT2D eigenvalue weighted by Gasteiger charge is -2.13. The van der Waals surface area contributed by atoms with Gasteiger partial charge < -0.3 is 19.3 Å². The zero-order valence-corrected chi connectivity index (χ0v) is 7.36. The Labute approximate surface area is 75.9 Å². The summed E-state index contributed by atoms with van der Waals surface area (Å²) in [4.78, 5) is 10.5. The zero-order chi connectivity index (χ0) is 9.84. The molecule has 0 aliphatic carbocycles. The molecule has 1 fully saturated rings. The van der Waals surface area contributed by atoms with E-state index >= 15 is 0 Å². The number of cyclic esters (lactones) is 2. The van der Waals surface area contributed by atoms with Crippen LogP contribution in [-0.4, -0.2) is 36.9 Å². The van der Waals surface area contributed by atoms with Crippen molar-refractivity contribution in [2.75, 3.05) is 13.2 Å². The van der Waals surface area contributed by atoms with Crippen LogP contribution >= 0.6 is 0 Å². The van der Waals surface area contributed by atoms with E-state index in [1.807, 2.05) is 0 Å². The van der Waals surface area contributed by atoms with Crippen LogP contribution in [0.3, 0.4) is 0 Å². The van der Waals surface area contributed by atoms with Crippen molar-refractivity contribution >= 4 is 6.16 Å². The summed E-state index contributed by atoms with van der Waals surface area (Å²) in [6, 6.07) is 0. The second-order valence-corrected chi connectivity index (χ2v) is 2.83. The molecule has 1 aliphatic rings. The van der Waals surface area contributed by atoms with E-state index in [-0.39, 0.29) is 13.2 Å². The molecule has 5 heteroatoms. The number of hydrogen-bond acceptors (Lipinski definition) is 5. The number of aliphatic hydroxyl groups excluding tert-OH is 1. The first-order valence-corrected chi connectivity index (χ1v) is 3.88. The molecule has 0 aromatic heterocycles. The molecule has 5 nitrogen and oxygen atoms in total. The highest BCUT2D eigenvalue weighted by Gasteiger charge is 2.25. The smallest absolute Gasteiger partial charge is 0.430 e. The molecular weight excluding hydrogens is 176 g/mol. The van der Waals surface area contributed by atoms with Crippen LogP contribution in [0.1, 0.15) is 6.92 Å². The van der Waals surface area contributed by atoms with Gasteiger partial charge in [-0.05, 0) is 12.5 Å². The summed E-state index contributed by atoms with van der Waals surface area (Å²) in [7, 11) is 0. The van der Waals surface area contributed by atoms with Crippen molar-refractivity contribution in [1.82, 2.24) is 0 Å². The molecule has 0 bridgehead atoms. The molecule has 13 heavy (non-hydrogen) atoms. The minimum absolute atomic E-state index is 0.111. The van der Waals surface area contributed by atoms with Crippen LogP contribution in [0.15, 0.2) is 12.2 Å². The summed E-state index contributed by atoms with van der Waals surface area (Å²) in [5, 5.41) is 9.15. The second-order valence-electron chi connectivity index (χ2n) is 2.83. The number of hydrogen-bond donors (Lipinski definition) is 1. The summed E-state index contributed by atoms with van der Waals surface area (Å²) in [5.74, 6) is 0. The summed E-state index contributed by atoms with van der Waals surface area (Å²) in [5.41, 5.74) is 0.505. The minimum Gasteiger partial charge on any atom is -0.430 e. The second kappa shape index (κ2) is 4.25. The molecule has 0 saturated carbocycles. The van der Waals surface area contributed by atoms with E-state index in [1.54, 1.807) is 6.92 Å². The van der Waals surface area contributed by atoms with Crippen LogP contribution < -0.4 is 0 Å². The Kier molecular flexibility index (Phi) is 3.27. The van der Waals surface area contributed by atoms with Gasteiger partial charge in [0.1, 0.15) is 6.61 Å². The Morgan fingerprint density at radius 3 is 3.08 bits per heavy atom. The number of carbonyl (C=O) groups is 1. The molecule has 0 aromatic rings. The van der Waals surface area contributed by atoms with Gasteiger partial charge in [0.15, 0.2) is 12.4 Å². The van der Waals surface area contributed by atoms with E-state index < -0.39 is 18.5 Å². The summed E-state index contributed by atoms with van der Waals surface area (Å²) in [6.45, 7) is 5.42. The highest BCUT2D eigenvalue weighted by Crippen LogP contribution is 2.08. The van der Waals surface area contributed by atoms with Crippen molar-refractivity contribution in [1.29, 1.82) is 0 Å². The molecule has 1 aliphatic heterocycles. The van der Waals surface area contributed by atoms with Crippen LogP contribution in [0.25, 0.3) is 0 Å². The van der Waals surface area contributed by atoms with Crippen molar-refractivity contribution in [2.45, 2.75) is 19.3 Å². The molecule has 1 rings (SSSR count). The predicted octanol–water partition coefficient (Wildman–Crippen LogP) is 0.433. The Hall–Kier alpha value is -1.07. The molecule has 74 valence electrons. The maximum atomic E-state index is 10.5. The van der Waals surface area contributed by atoms with Gasteiger partial charge in [-0.3, -0.25) is 0 Å². The first kappa shape index (κ1) is 10.0. The van der Waals surface area contributed by atoms with Gasteiger partial charge in [-0.2, -0.15) is 0 Å². The van der Waals surface area contributed by atoms with E-state index in [0.717, 1.165) is 0 Å². The van der Waals surface area contributed by atoms with Crippen molar-refractivity contribution in [3.8, 4) is 0 Å². The Morgan fingerprint density at radius 1 is 1.92 bits per heavy atom. The fraction of sp³-hybridized carbons (Fsp3) is 0.625. The average molecular weight is 188 g/mol. The minimum atomic E-state index is -1.01. The normalized spacial score (nSPS) is 23.5. The summed E-state index contributed by atoms with van der Waals surface area (Å²) >= 11 is 0. The number of rotatable bonds is 4. The van der Waals surface area contributed by atoms with Gasteiger partial charge in [0.05, 0.1) is 6.61 Å². The van der Waals surface area contributed by atoms with Crippen molar-refractivity contribution in [2.24, 2.45) is 0 Å². The molecule has 1 saturated heterocycles. The topological polar surface area (TPSA) is 65.0 Å². The molecule has 1 N–H and O–H groups in total. The van der Waals surface area contributed by atoms with Crippen LogP contribution in [-0.2, 0) is 14.2 Å². The maximum absolute atomic E-state index is 10.5. The Bertz CT molecular complexity index is 213. The SMILES string of the molecule is C=C(C)C(O)OCC1COC(=O)O1. The highest BCUT2D eigenvalue weighted by atomic mass is 16.8. The molecular formula is C8H12O5. The summed E-state index contributed by atoms with van der Waals surface area (Å²) < 4.78 is 14.1. The van der Waals surface area contributed by atoms with Crippen LogP contribution in [0.5, 0.6) is 0 Å². The first-order valence-electron chi connectivity index (χ1n) is 3.88. The third-order valence-electron chi connectivity index (χ3n) is 1.51. The average Bonchev–Trinajstić information content (AvgIpc) is 2.47. The molecule has 0 amide bonds. The fourth-order valence-corrected chi connectivity index (χ4v) is 0.788. The van der Waals surface area contributed by atoms with Crippen LogP contribution in [0.2, 0.25) is 0 Å². The molecule has 1 heterocycles. The Balaban J connectivity index is 2.19. The van der Waals surface area contributed by atoms with Gasteiger partial charge in [0.25, 0.3) is 0 Å². The van der Waals surface area contributed by atoms with Gasteiger partial charge in [-0.15, -0.1) is 0 Å². The van der Waals surface area contributed by atoms with Gasteiger partial charge >= 0.3 is 6.16 Å². The van der Waals surface area contributed by atoms with Crippen molar-refractivity contribution in [3.63, 3.8) is 0 Å². The highest BCUT2D eigenvalue weighted by molar-refractivity contribution is 5.61. The molecule has 2 atom stereocenters. The quantitative estimate of drug-likeness (QED) is 0.394. The summed E-state index contributed by atoms with van der Waals surface area (Å²) in [6.07, 6.45) is -2.14. The van der Waals surface area contributed by atoms with Gasteiger partial charge in [0, 0.05) is 0 Å². The van der Waals surface area contributed by atoms with Crippen LogP contribution in [0, 0.1) is 0 Å². The van der Waals surface area contributed by atoms with Gasteiger partial charge in [-0.25, -0.2) is 4.79 Å². The lowest BCUT2D eigenvalue weighted by Crippen LogP contribution is -2.23.